The van der Waals surface area contributed by atoms with Gasteiger partial charge >= 0.3 is 0 Å². The van der Waals surface area contributed by atoms with Crippen molar-refractivity contribution in [2.75, 3.05) is 27.8 Å². The van der Waals surface area contributed by atoms with Crippen molar-refractivity contribution in [3.05, 3.63) is 23.9 Å². The topological polar surface area (TPSA) is 67.8 Å². The SMILES string of the molecule is CN=C(NCc1cccnc1OC)NCC(OC)C(C)(C)C. The van der Waals surface area contributed by atoms with E-state index in [0.29, 0.717) is 19.0 Å². The maximum absolute atomic E-state index is 5.53. The number of nitrogens with zero attached hydrogens (tertiary/aromatic N) is 2. The number of aromatic nitrogens is 1. The highest BCUT2D eigenvalue weighted by molar-refractivity contribution is 5.79. The number of methoxy groups -OCH3 is 2. The number of aliphatic imine (C=N–C) groups is 1. The molecule has 22 heavy (non-hydrogen) atoms. The third kappa shape index (κ3) is 5.52. The van der Waals surface area contributed by atoms with Gasteiger partial charge in [0.15, 0.2) is 5.96 Å². The van der Waals surface area contributed by atoms with Crippen molar-refractivity contribution in [1.82, 2.24) is 15.6 Å². The molecule has 6 nitrogen and oxygen atoms in total. The Morgan fingerprint density at radius 2 is 2.05 bits per heavy atom. The molecule has 1 aromatic heterocycles. The van der Waals surface area contributed by atoms with E-state index in [4.69, 9.17) is 9.47 Å². The van der Waals surface area contributed by atoms with Gasteiger partial charge in [0.2, 0.25) is 5.88 Å². The van der Waals surface area contributed by atoms with Gasteiger partial charge < -0.3 is 20.1 Å². The molecule has 0 saturated heterocycles. The van der Waals surface area contributed by atoms with E-state index in [-0.39, 0.29) is 11.5 Å². The summed E-state index contributed by atoms with van der Waals surface area (Å²) < 4.78 is 10.8. The average molecular weight is 308 g/mol. The van der Waals surface area contributed by atoms with E-state index in [1.807, 2.05) is 12.1 Å². The molecule has 1 heterocycles. The van der Waals surface area contributed by atoms with Gasteiger partial charge in [0, 0.05) is 39.0 Å². The Morgan fingerprint density at radius 1 is 1.32 bits per heavy atom. The molecule has 6 heteroatoms. The number of nitrogens with one attached hydrogen (secondary N) is 2. The van der Waals surface area contributed by atoms with Gasteiger partial charge in [-0.1, -0.05) is 26.8 Å². The van der Waals surface area contributed by atoms with Crippen LogP contribution in [0.4, 0.5) is 0 Å². The van der Waals surface area contributed by atoms with Crippen LogP contribution in [0.25, 0.3) is 0 Å². The molecule has 124 valence electrons. The molecule has 0 aliphatic heterocycles. The molecule has 1 rings (SSSR count). The van der Waals surface area contributed by atoms with Gasteiger partial charge in [0.05, 0.1) is 13.2 Å². The fourth-order valence-corrected chi connectivity index (χ4v) is 2.07. The van der Waals surface area contributed by atoms with E-state index >= 15 is 0 Å². The van der Waals surface area contributed by atoms with Crippen molar-refractivity contribution in [3.8, 4) is 5.88 Å². The van der Waals surface area contributed by atoms with Crippen LogP contribution in [0.3, 0.4) is 0 Å². The number of pyridine rings is 1. The molecule has 0 bridgehead atoms. The standard InChI is InChI=1S/C16H28N4O2/c1-16(2,3)13(21-5)11-20-15(17-4)19-10-12-8-7-9-18-14(12)22-6/h7-9,13H,10-11H2,1-6H3,(H2,17,19,20). The van der Waals surface area contributed by atoms with Crippen LogP contribution in [-0.4, -0.2) is 44.9 Å². The highest BCUT2D eigenvalue weighted by Crippen LogP contribution is 2.20. The van der Waals surface area contributed by atoms with Gasteiger partial charge in [0.1, 0.15) is 0 Å². The predicted molar refractivity (Wildman–Crippen MR) is 89.2 cm³/mol. The molecular formula is C16H28N4O2. The zero-order valence-corrected chi connectivity index (χ0v) is 14.4. The number of hydrogen-bond acceptors (Lipinski definition) is 4. The van der Waals surface area contributed by atoms with E-state index in [2.05, 4.69) is 41.4 Å². The summed E-state index contributed by atoms with van der Waals surface area (Å²) in [6, 6.07) is 3.86. The van der Waals surface area contributed by atoms with Crippen molar-refractivity contribution >= 4 is 5.96 Å². The Hall–Kier alpha value is -1.82. The third-order valence-corrected chi connectivity index (χ3v) is 3.42. The monoisotopic (exact) mass is 308 g/mol. The van der Waals surface area contributed by atoms with E-state index in [9.17, 15) is 0 Å². The molecule has 1 aromatic rings. The number of rotatable bonds is 6. The quantitative estimate of drug-likeness (QED) is 0.620. The molecule has 0 fully saturated rings. The molecule has 2 N–H and O–H groups in total. The first-order valence-corrected chi connectivity index (χ1v) is 7.37. The van der Waals surface area contributed by atoms with Crippen LogP contribution in [0.15, 0.2) is 23.3 Å². The lowest BCUT2D eigenvalue weighted by Crippen LogP contribution is -2.45. The van der Waals surface area contributed by atoms with Gasteiger partial charge in [-0.3, -0.25) is 4.99 Å². The Kier molecular flexibility index (Phi) is 7.11. The van der Waals surface area contributed by atoms with Crippen LogP contribution in [0, 0.1) is 5.41 Å². The zero-order chi connectivity index (χ0) is 16.6. The highest BCUT2D eigenvalue weighted by Gasteiger charge is 2.24. The second-order valence-electron chi connectivity index (χ2n) is 6.07. The normalized spacial score (nSPS) is 13.6. The average Bonchev–Trinajstić information content (AvgIpc) is 2.49. The van der Waals surface area contributed by atoms with Crippen LogP contribution in [0.2, 0.25) is 0 Å². The van der Waals surface area contributed by atoms with Crippen molar-refractivity contribution in [1.29, 1.82) is 0 Å². The molecule has 0 aliphatic carbocycles. The third-order valence-electron chi connectivity index (χ3n) is 3.42. The van der Waals surface area contributed by atoms with Crippen molar-refractivity contribution in [2.45, 2.75) is 33.4 Å². The maximum atomic E-state index is 5.53. The van der Waals surface area contributed by atoms with Crippen molar-refractivity contribution < 1.29 is 9.47 Å². The second kappa shape index (κ2) is 8.58. The van der Waals surface area contributed by atoms with Crippen LogP contribution in [-0.2, 0) is 11.3 Å². The Balaban J connectivity index is 2.56. The molecular weight excluding hydrogens is 280 g/mol. The highest BCUT2D eigenvalue weighted by atomic mass is 16.5. The molecule has 0 spiro atoms. The summed E-state index contributed by atoms with van der Waals surface area (Å²) in [5, 5.41) is 6.54. The summed E-state index contributed by atoms with van der Waals surface area (Å²) in [6.07, 6.45) is 1.81. The van der Waals surface area contributed by atoms with Gasteiger partial charge in [-0.05, 0) is 11.5 Å². The van der Waals surface area contributed by atoms with Gasteiger partial charge in [-0.2, -0.15) is 0 Å². The van der Waals surface area contributed by atoms with E-state index < -0.39 is 0 Å². The van der Waals surface area contributed by atoms with Crippen LogP contribution >= 0.6 is 0 Å². The molecule has 1 unspecified atom stereocenters. The lowest BCUT2D eigenvalue weighted by atomic mass is 9.89. The maximum Gasteiger partial charge on any atom is 0.218 e. The number of guanidine groups is 1. The van der Waals surface area contributed by atoms with Crippen molar-refractivity contribution in [2.24, 2.45) is 10.4 Å². The lowest BCUT2D eigenvalue weighted by molar-refractivity contribution is 0.0205. The first-order valence-electron chi connectivity index (χ1n) is 7.37. The summed E-state index contributed by atoms with van der Waals surface area (Å²) in [5.41, 5.74) is 1.04. The summed E-state index contributed by atoms with van der Waals surface area (Å²) in [5.74, 6) is 1.34. The van der Waals surface area contributed by atoms with E-state index in [1.165, 1.54) is 0 Å². The number of hydrogen-bond donors (Lipinski definition) is 2. The minimum Gasteiger partial charge on any atom is -0.481 e. The second-order valence-corrected chi connectivity index (χ2v) is 6.07. The molecule has 0 radical (unpaired) electrons. The van der Waals surface area contributed by atoms with Crippen LogP contribution in [0.5, 0.6) is 5.88 Å². The van der Waals surface area contributed by atoms with Gasteiger partial charge in [-0.15, -0.1) is 0 Å². The lowest BCUT2D eigenvalue weighted by Gasteiger charge is -2.30. The van der Waals surface area contributed by atoms with Gasteiger partial charge in [-0.25, -0.2) is 4.98 Å². The Labute approximate surface area is 133 Å². The Bertz CT molecular complexity index is 483. The zero-order valence-electron chi connectivity index (χ0n) is 14.4. The van der Waals surface area contributed by atoms with Gasteiger partial charge in [0.25, 0.3) is 0 Å². The molecule has 0 aromatic carbocycles. The number of ether oxygens (including phenoxy) is 2. The summed E-state index contributed by atoms with van der Waals surface area (Å²) in [4.78, 5) is 8.40. The Morgan fingerprint density at radius 3 is 2.59 bits per heavy atom. The molecule has 0 amide bonds. The fourth-order valence-electron chi connectivity index (χ4n) is 2.07. The van der Waals surface area contributed by atoms with Crippen LogP contribution < -0.4 is 15.4 Å². The van der Waals surface area contributed by atoms with E-state index in [1.54, 1.807) is 27.5 Å². The van der Waals surface area contributed by atoms with E-state index in [0.717, 1.165) is 11.5 Å². The smallest absolute Gasteiger partial charge is 0.218 e. The summed E-state index contributed by atoms with van der Waals surface area (Å²) in [6.45, 7) is 7.73. The van der Waals surface area contributed by atoms with Crippen molar-refractivity contribution in [3.63, 3.8) is 0 Å². The minimum atomic E-state index is 0.0627. The first-order chi connectivity index (χ1) is 10.4. The molecule has 0 aliphatic rings. The fraction of sp³-hybridized carbons (Fsp3) is 0.625. The van der Waals surface area contributed by atoms with Crippen LogP contribution in [0.1, 0.15) is 26.3 Å². The summed E-state index contributed by atoms with van der Waals surface area (Å²) in [7, 11) is 5.09. The minimum absolute atomic E-state index is 0.0627. The molecule has 0 saturated carbocycles. The summed E-state index contributed by atoms with van der Waals surface area (Å²) >= 11 is 0. The first kappa shape index (κ1) is 18.2. The molecule has 1 atom stereocenters. The largest absolute Gasteiger partial charge is 0.481 e. The predicted octanol–water partition coefficient (Wildman–Crippen LogP) is 1.82.